The van der Waals surface area contributed by atoms with Crippen molar-refractivity contribution >= 4 is 24.0 Å². The number of hydrogen-bond donors (Lipinski definition) is 2. The average Bonchev–Trinajstić information content (AvgIpc) is 2.70. The van der Waals surface area contributed by atoms with E-state index >= 15 is 0 Å². The Balaban J connectivity index is 0.00000128. The fraction of sp³-hybridized carbons (Fsp3) is 0.417. The molecule has 16 heavy (non-hydrogen) atoms. The minimum atomic E-state index is 0. The van der Waals surface area contributed by atoms with Crippen LogP contribution in [0.4, 0.5) is 5.69 Å². The van der Waals surface area contributed by atoms with Crippen molar-refractivity contribution in [3.63, 3.8) is 0 Å². The number of carbonyl (C=O) groups is 1. The minimum Gasteiger partial charge on any atom is -0.326 e. The van der Waals surface area contributed by atoms with Crippen LogP contribution in [0.25, 0.3) is 0 Å². The van der Waals surface area contributed by atoms with Crippen LogP contribution in [-0.2, 0) is 4.79 Å². The van der Waals surface area contributed by atoms with E-state index in [4.69, 9.17) is 0 Å². The van der Waals surface area contributed by atoms with Crippen molar-refractivity contribution in [3.8, 4) is 0 Å². The molecule has 2 N–H and O–H groups in total. The summed E-state index contributed by atoms with van der Waals surface area (Å²) < 4.78 is 0. The Bertz CT molecular complexity index is 362. The Hall–Kier alpha value is -1.06. The molecule has 1 heterocycles. The molecule has 0 aromatic heterocycles. The molecule has 0 aliphatic carbocycles. The molecule has 3 nitrogen and oxygen atoms in total. The molecular weight excluding hydrogens is 224 g/mol. The second-order valence-corrected chi connectivity index (χ2v) is 4.05. The largest absolute Gasteiger partial charge is 0.326 e. The quantitative estimate of drug-likeness (QED) is 0.830. The summed E-state index contributed by atoms with van der Waals surface area (Å²) in [5.41, 5.74) is 2.06. The zero-order chi connectivity index (χ0) is 10.7. The summed E-state index contributed by atoms with van der Waals surface area (Å²) in [5, 5.41) is 6.14. The maximum Gasteiger partial charge on any atom is 0.228 e. The fourth-order valence-corrected chi connectivity index (χ4v) is 1.85. The first kappa shape index (κ1) is 13.0. The molecule has 1 aliphatic rings. The molecule has 88 valence electrons. The van der Waals surface area contributed by atoms with Crippen LogP contribution in [0.2, 0.25) is 0 Å². The zero-order valence-corrected chi connectivity index (χ0v) is 10.1. The predicted molar refractivity (Wildman–Crippen MR) is 68.0 cm³/mol. The van der Waals surface area contributed by atoms with E-state index in [2.05, 4.69) is 10.6 Å². The molecule has 1 atom stereocenters. The highest BCUT2D eigenvalue weighted by molar-refractivity contribution is 5.92. The lowest BCUT2D eigenvalue weighted by molar-refractivity contribution is -0.119. The summed E-state index contributed by atoms with van der Waals surface area (Å²) in [6.07, 6.45) is 0.942. The highest BCUT2D eigenvalue weighted by Gasteiger charge is 2.22. The summed E-state index contributed by atoms with van der Waals surface area (Å²) in [6, 6.07) is 7.89. The third kappa shape index (κ3) is 3.22. The van der Waals surface area contributed by atoms with E-state index in [0.29, 0.717) is 0 Å². The van der Waals surface area contributed by atoms with Gasteiger partial charge in [0.05, 0.1) is 5.92 Å². The highest BCUT2D eigenvalue weighted by Crippen LogP contribution is 2.14. The van der Waals surface area contributed by atoms with Gasteiger partial charge in [-0.15, -0.1) is 12.4 Å². The second kappa shape index (κ2) is 5.87. The predicted octanol–water partition coefficient (Wildman–Crippen LogP) is 1.96. The van der Waals surface area contributed by atoms with Crippen LogP contribution in [0, 0.1) is 12.8 Å². The van der Waals surface area contributed by atoms with E-state index in [9.17, 15) is 4.79 Å². The highest BCUT2D eigenvalue weighted by atomic mass is 35.5. The SMILES string of the molecule is Cc1cccc(NC(=O)[C@H]2CCNC2)c1.Cl. The van der Waals surface area contributed by atoms with Gasteiger partial charge in [0.25, 0.3) is 0 Å². The normalized spacial score (nSPS) is 18.9. The number of aryl methyl sites for hydroxylation is 1. The number of halogens is 1. The molecule has 0 bridgehead atoms. The van der Waals surface area contributed by atoms with Gasteiger partial charge in [0.2, 0.25) is 5.91 Å². The number of hydrogen-bond acceptors (Lipinski definition) is 2. The lowest BCUT2D eigenvalue weighted by Gasteiger charge is -2.10. The van der Waals surface area contributed by atoms with E-state index in [1.165, 1.54) is 0 Å². The van der Waals surface area contributed by atoms with Crippen molar-refractivity contribution in [2.24, 2.45) is 5.92 Å². The Morgan fingerprint density at radius 1 is 1.50 bits per heavy atom. The number of rotatable bonds is 2. The molecule has 2 rings (SSSR count). The fourth-order valence-electron chi connectivity index (χ4n) is 1.85. The van der Waals surface area contributed by atoms with E-state index < -0.39 is 0 Å². The topological polar surface area (TPSA) is 41.1 Å². The maximum absolute atomic E-state index is 11.8. The van der Waals surface area contributed by atoms with Crippen molar-refractivity contribution in [1.82, 2.24) is 5.32 Å². The summed E-state index contributed by atoms with van der Waals surface area (Å²) in [4.78, 5) is 11.8. The van der Waals surface area contributed by atoms with Gasteiger partial charge in [-0.1, -0.05) is 12.1 Å². The molecule has 4 heteroatoms. The van der Waals surface area contributed by atoms with Crippen LogP contribution in [0.5, 0.6) is 0 Å². The van der Waals surface area contributed by atoms with Crippen LogP contribution in [0.15, 0.2) is 24.3 Å². The van der Waals surface area contributed by atoms with E-state index in [1.807, 2.05) is 31.2 Å². The van der Waals surface area contributed by atoms with E-state index in [1.54, 1.807) is 0 Å². The van der Waals surface area contributed by atoms with E-state index in [0.717, 1.165) is 30.8 Å². The van der Waals surface area contributed by atoms with Crippen LogP contribution in [0.3, 0.4) is 0 Å². The van der Waals surface area contributed by atoms with Gasteiger partial charge in [-0.25, -0.2) is 0 Å². The summed E-state index contributed by atoms with van der Waals surface area (Å²) in [6.45, 7) is 3.77. The van der Waals surface area contributed by atoms with Crippen LogP contribution in [-0.4, -0.2) is 19.0 Å². The lowest BCUT2D eigenvalue weighted by atomic mass is 10.1. The van der Waals surface area contributed by atoms with Crippen LogP contribution < -0.4 is 10.6 Å². The van der Waals surface area contributed by atoms with Gasteiger partial charge in [0.15, 0.2) is 0 Å². The number of nitrogens with one attached hydrogen (secondary N) is 2. The Labute approximate surface area is 102 Å². The molecular formula is C12H17ClN2O. The standard InChI is InChI=1S/C12H16N2O.ClH/c1-9-3-2-4-11(7-9)14-12(15)10-5-6-13-8-10;/h2-4,7,10,13H,5-6,8H2,1H3,(H,14,15);1H/t10-;/m0./s1. The number of anilines is 1. The van der Waals surface area contributed by atoms with Gasteiger partial charge < -0.3 is 10.6 Å². The maximum atomic E-state index is 11.8. The van der Waals surface area contributed by atoms with Gasteiger partial charge in [-0.05, 0) is 37.6 Å². The van der Waals surface area contributed by atoms with Gasteiger partial charge in [0.1, 0.15) is 0 Å². The molecule has 1 aliphatic heterocycles. The van der Waals surface area contributed by atoms with Gasteiger partial charge >= 0.3 is 0 Å². The summed E-state index contributed by atoms with van der Waals surface area (Å²) in [7, 11) is 0. The third-order valence-corrected chi connectivity index (χ3v) is 2.72. The molecule has 1 aromatic carbocycles. The number of carbonyl (C=O) groups excluding carboxylic acids is 1. The number of benzene rings is 1. The molecule has 1 aromatic rings. The minimum absolute atomic E-state index is 0. The molecule has 1 saturated heterocycles. The van der Waals surface area contributed by atoms with Gasteiger partial charge in [-0.3, -0.25) is 4.79 Å². The molecule has 1 amide bonds. The molecule has 0 unspecified atom stereocenters. The molecule has 0 spiro atoms. The molecule has 1 fully saturated rings. The first-order valence-electron chi connectivity index (χ1n) is 5.34. The Kier molecular flexibility index (Phi) is 4.77. The smallest absolute Gasteiger partial charge is 0.228 e. The van der Waals surface area contributed by atoms with Gasteiger partial charge in [0, 0.05) is 12.2 Å². The summed E-state index contributed by atoms with van der Waals surface area (Å²) >= 11 is 0. The van der Waals surface area contributed by atoms with Crippen molar-refractivity contribution in [2.45, 2.75) is 13.3 Å². The first-order chi connectivity index (χ1) is 7.25. The van der Waals surface area contributed by atoms with Crippen LogP contribution >= 0.6 is 12.4 Å². The second-order valence-electron chi connectivity index (χ2n) is 4.05. The monoisotopic (exact) mass is 240 g/mol. The average molecular weight is 241 g/mol. The molecule has 0 saturated carbocycles. The summed E-state index contributed by atoms with van der Waals surface area (Å²) in [5.74, 6) is 0.260. The van der Waals surface area contributed by atoms with E-state index in [-0.39, 0.29) is 24.2 Å². The Morgan fingerprint density at radius 2 is 2.31 bits per heavy atom. The third-order valence-electron chi connectivity index (χ3n) is 2.72. The molecule has 0 radical (unpaired) electrons. The van der Waals surface area contributed by atoms with Crippen molar-refractivity contribution in [3.05, 3.63) is 29.8 Å². The van der Waals surface area contributed by atoms with Crippen molar-refractivity contribution in [1.29, 1.82) is 0 Å². The van der Waals surface area contributed by atoms with Crippen molar-refractivity contribution in [2.75, 3.05) is 18.4 Å². The number of amides is 1. The first-order valence-corrected chi connectivity index (χ1v) is 5.34. The van der Waals surface area contributed by atoms with Crippen molar-refractivity contribution < 1.29 is 4.79 Å². The van der Waals surface area contributed by atoms with Gasteiger partial charge in [-0.2, -0.15) is 0 Å². The lowest BCUT2D eigenvalue weighted by Crippen LogP contribution is -2.24. The zero-order valence-electron chi connectivity index (χ0n) is 9.32. The van der Waals surface area contributed by atoms with Crippen LogP contribution in [0.1, 0.15) is 12.0 Å². The Morgan fingerprint density at radius 3 is 2.94 bits per heavy atom.